The average Bonchev–Trinajstić information content (AvgIpc) is 2.93. The molecule has 0 saturated heterocycles. The van der Waals surface area contributed by atoms with Gasteiger partial charge in [0.25, 0.3) is 0 Å². The first-order valence-corrected chi connectivity index (χ1v) is 8.98. The smallest absolute Gasteiger partial charge is 0.328 e. The van der Waals surface area contributed by atoms with Gasteiger partial charge in [-0.15, -0.1) is 0 Å². The van der Waals surface area contributed by atoms with Crippen LogP contribution in [0.3, 0.4) is 0 Å². The minimum absolute atomic E-state index is 0.726. The van der Waals surface area contributed by atoms with Crippen LogP contribution in [-0.2, 0) is 4.79 Å². The van der Waals surface area contributed by atoms with Crippen LogP contribution in [-0.4, -0.2) is 11.1 Å². The summed E-state index contributed by atoms with van der Waals surface area (Å²) >= 11 is 0. The first-order valence-electron chi connectivity index (χ1n) is 8.98. The van der Waals surface area contributed by atoms with Gasteiger partial charge in [0.15, 0.2) is 0 Å². The molecule has 1 rings (SSSR count). The molecular formula is C20H32O2. The van der Waals surface area contributed by atoms with Crippen LogP contribution in [0.15, 0.2) is 36.5 Å². The van der Waals surface area contributed by atoms with Gasteiger partial charge in [0.05, 0.1) is 0 Å². The van der Waals surface area contributed by atoms with Gasteiger partial charge >= 0.3 is 5.97 Å². The standard InChI is InChI=1S/C20H32O2/c1-2-3-4-5-6-9-13-18-15-12-16-19(18)14-10-7-8-11-17-20(21)22/h7-8,10-11,14,17-19H,2-6,9,12-13,15-16H2,1H3,(H,21,22)/b8-7+,14-10?,17-11-/t18-,19-/m0/s1. The van der Waals surface area contributed by atoms with Crippen molar-refractivity contribution in [3.8, 4) is 0 Å². The summed E-state index contributed by atoms with van der Waals surface area (Å²) in [6, 6.07) is 0. The van der Waals surface area contributed by atoms with Crippen molar-refractivity contribution in [1.29, 1.82) is 0 Å². The third-order valence-electron chi connectivity index (χ3n) is 4.58. The van der Waals surface area contributed by atoms with Crippen LogP contribution < -0.4 is 0 Å². The van der Waals surface area contributed by atoms with E-state index in [2.05, 4.69) is 19.1 Å². The molecule has 0 aromatic rings. The van der Waals surface area contributed by atoms with E-state index in [0.29, 0.717) is 0 Å². The second-order valence-electron chi connectivity index (χ2n) is 6.38. The SMILES string of the molecule is CCCCCCCC[C@H]1CCC[C@@H]1C=C/C=C/C=C\C(=O)O. The normalized spacial score (nSPS) is 22.4. The van der Waals surface area contributed by atoms with Crippen molar-refractivity contribution in [1.82, 2.24) is 0 Å². The van der Waals surface area contributed by atoms with E-state index in [1.807, 2.05) is 6.08 Å². The van der Waals surface area contributed by atoms with Crippen molar-refractivity contribution in [2.24, 2.45) is 11.8 Å². The van der Waals surface area contributed by atoms with Crippen LogP contribution >= 0.6 is 0 Å². The Kier molecular flexibility index (Phi) is 10.4. The summed E-state index contributed by atoms with van der Waals surface area (Å²) in [5.41, 5.74) is 0. The van der Waals surface area contributed by atoms with Gasteiger partial charge in [-0.3, -0.25) is 0 Å². The highest BCUT2D eigenvalue weighted by atomic mass is 16.4. The molecule has 22 heavy (non-hydrogen) atoms. The van der Waals surface area contributed by atoms with Gasteiger partial charge in [-0.25, -0.2) is 4.79 Å². The third-order valence-corrected chi connectivity index (χ3v) is 4.58. The summed E-state index contributed by atoms with van der Waals surface area (Å²) in [6.07, 6.45) is 24.6. The van der Waals surface area contributed by atoms with Crippen LogP contribution in [0.4, 0.5) is 0 Å². The highest BCUT2D eigenvalue weighted by Gasteiger charge is 2.24. The molecule has 2 atom stereocenters. The molecule has 0 amide bonds. The van der Waals surface area contributed by atoms with E-state index in [4.69, 9.17) is 5.11 Å². The van der Waals surface area contributed by atoms with Gasteiger partial charge in [0, 0.05) is 6.08 Å². The van der Waals surface area contributed by atoms with E-state index >= 15 is 0 Å². The fourth-order valence-electron chi connectivity index (χ4n) is 3.34. The van der Waals surface area contributed by atoms with Crippen LogP contribution in [0.2, 0.25) is 0 Å². The minimum Gasteiger partial charge on any atom is -0.478 e. The molecule has 0 bridgehead atoms. The number of hydrogen-bond acceptors (Lipinski definition) is 1. The number of allylic oxidation sites excluding steroid dienone is 5. The fraction of sp³-hybridized carbons (Fsp3) is 0.650. The maximum atomic E-state index is 10.3. The molecule has 0 spiro atoms. The van der Waals surface area contributed by atoms with Crippen LogP contribution in [0.1, 0.15) is 71.1 Å². The van der Waals surface area contributed by atoms with E-state index in [0.717, 1.165) is 17.9 Å². The topological polar surface area (TPSA) is 37.3 Å². The Morgan fingerprint density at radius 1 is 1.00 bits per heavy atom. The molecule has 0 unspecified atom stereocenters. The van der Waals surface area contributed by atoms with Crippen LogP contribution in [0, 0.1) is 11.8 Å². The summed E-state index contributed by atoms with van der Waals surface area (Å²) in [6.45, 7) is 2.27. The average molecular weight is 304 g/mol. The van der Waals surface area contributed by atoms with Crippen molar-refractivity contribution < 1.29 is 9.90 Å². The zero-order valence-electron chi connectivity index (χ0n) is 14.0. The number of aliphatic carboxylic acids is 1. The molecule has 0 aromatic heterocycles. The Balaban J connectivity index is 2.20. The highest BCUT2D eigenvalue weighted by molar-refractivity contribution is 5.80. The van der Waals surface area contributed by atoms with Crippen LogP contribution in [0.25, 0.3) is 0 Å². The first kappa shape index (κ1) is 18.7. The van der Waals surface area contributed by atoms with Crippen molar-refractivity contribution in [2.75, 3.05) is 0 Å². The summed E-state index contributed by atoms with van der Waals surface area (Å²) in [5, 5.41) is 8.49. The lowest BCUT2D eigenvalue weighted by atomic mass is 9.90. The molecule has 124 valence electrons. The predicted octanol–water partition coefficient (Wildman–Crippen LogP) is 5.91. The third kappa shape index (κ3) is 8.86. The fourth-order valence-corrected chi connectivity index (χ4v) is 3.34. The van der Waals surface area contributed by atoms with Crippen molar-refractivity contribution >= 4 is 5.97 Å². The second-order valence-corrected chi connectivity index (χ2v) is 6.38. The van der Waals surface area contributed by atoms with E-state index in [1.165, 1.54) is 64.2 Å². The Morgan fingerprint density at radius 2 is 1.73 bits per heavy atom. The monoisotopic (exact) mass is 304 g/mol. The summed E-state index contributed by atoms with van der Waals surface area (Å²) in [5.74, 6) is 0.692. The molecule has 0 radical (unpaired) electrons. The Hall–Kier alpha value is -1.31. The van der Waals surface area contributed by atoms with Crippen LogP contribution in [0.5, 0.6) is 0 Å². The molecular weight excluding hydrogens is 272 g/mol. The number of carboxylic acids is 1. The molecule has 0 aliphatic heterocycles. The lowest BCUT2D eigenvalue weighted by molar-refractivity contribution is -0.131. The number of unbranched alkanes of at least 4 members (excludes halogenated alkanes) is 5. The van der Waals surface area contributed by atoms with Gasteiger partial charge in [-0.05, 0) is 31.1 Å². The summed E-state index contributed by atoms with van der Waals surface area (Å²) < 4.78 is 0. The Bertz CT molecular complexity index is 379. The largest absolute Gasteiger partial charge is 0.478 e. The van der Waals surface area contributed by atoms with E-state index < -0.39 is 5.97 Å². The van der Waals surface area contributed by atoms with Crippen molar-refractivity contribution in [3.63, 3.8) is 0 Å². The van der Waals surface area contributed by atoms with Gasteiger partial charge in [-0.1, -0.05) is 82.2 Å². The molecule has 2 nitrogen and oxygen atoms in total. The Morgan fingerprint density at radius 3 is 2.50 bits per heavy atom. The number of rotatable bonds is 11. The number of carboxylic acid groups (broad SMARTS) is 1. The summed E-state index contributed by atoms with van der Waals surface area (Å²) in [4.78, 5) is 10.3. The zero-order chi connectivity index (χ0) is 16.0. The molecule has 2 heteroatoms. The van der Waals surface area contributed by atoms with E-state index in [9.17, 15) is 4.79 Å². The minimum atomic E-state index is -0.900. The van der Waals surface area contributed by atoms with Gasteiger partial charge in [-0.2, -0.15) is 0 Å². The summed E-state index contributed by atoms with van der Waals surface area (Å²) in [7, 11) is 0. The maximum absolute atomic E-state index is 10.3. The lowest BCUT2D eigenvalue weighted by Gasteiger charge is -2.15. The lowest BCUT2D eigenvalue weighted by Crippen LogP contribution is -2.04. The molecule has 1 aliphatic rings. The van der Waals surface area contributed by atoms with Gasteiger partial charge in [0.1, 0.15) is 0 Å². The second kappa shape index (κ2) is 12.3. The highest BCUT2D eigenvalue weighted by Crippen LogP contribution is 2.36. The quantitative estimate of drug-likeness (QED) is 0.293. The van der Waals surface area contributed by atoms with E-state index in [1.54, 1.807) is 12.2 Å². The zero-order valence-corrected chi connectivity index (χ0v) is 14.0. The Labute approximate surface area is 136 Å². The molecule has 0 heterocycles. The predicted molar refractivity (Wildman–Crippen MR) is 93.9 cm³/mol. The number of hydrogen-bond donors (Lipinski definition) is 1. The van der Waals surface area contributed by atoms with Gasteiger partial charge in [0.2, 0.25) is 0 Å². The maximum Gasteiger partial charge on any atom is 0.328 e. The number of carbonyl (C=O) groups is 1. The molecule has 1 aliphatic carbocycles. The van der Waals surface area contributed by atoms with Gasteiger partial charge < -0.3 is 5.11 Å². The van der Waals surface area contributed by atoms with E-state index in [-0.39, 0.29) is 0 Å². The molecule has 1 fully saturated rings. The van der Waals surface area contributed by atoms with Crippen molar-refractivity contribution in [2.45, 2.75) is 71.1 Å². The first-order chi connectivity index (χ1) is 10.7. The molecule has 1 N–H and O–H groups in total. The molecule has 0 aromatic carbocycles. The van der Waals surface area contributed by atoms with Crippen molar-refractivity contribution in [3.05, 3.63) is 36.5 Å². The molecule has 1 saturated carbocycles.